The molecule has 1 atom stereocenters. The molecular formula is C16H15F3N4O3. The van der Waals surface area contributed by atoms with Gasteiger partial charge in [0.2, 0.25) is 5.95 Å². The molecule has 138 valence electrons. The number of carbonyl (C=O) groups is 1. The predicted octanol–water partition coefficient (Wildman–Crippen LogP) is 3.29. The van der Waals surface area contributed by atoms with Crippen molar-refractivity contribution in [2.45, 2.75) is 12.3 Å². The fourth-order valence-corrected chi connectivity index (χ4v) is 2.51. The zero-order chi connectivity index (χ0) is 18.7. The van der Waals surface area contributed by atoms with Crippen LogP contribution in [-0.4, -0.2) is 45.8 Å². The number of nitrogens with zero attached hydrogens (tertiary/aromatic N) is 3. The Kier molecular flexibility index (Phi) is 4.94. The van der Waals surface area contributed by atoms with Crippen molar-refractivity contribution in [3.05, 3.63) is 47.8 Å². The summed E-state index contributed by atoms with van der Waals surface area (Å²) in [5.74, 6) is 0.0203. The maximum atomic E-state index is 12.5. The van der Waals surface area contributed by atoms with E-state index in [1.165, 1.54) is 4.90 Å². The lowest BCUT2D eigenvalue weighted by atomic mass is 10.1. The Bertz CT molecular complexity index is 783. The molecule has 1 unspecified atom stereocenters. The summed E-state index contributed by atoms with van der Waals surface area (Å²) in [6.45, 7) is 0.801. The van der Waals surface area contributed by atoms with Crippen molar-refractivity contribution in [1.29, 1.82) is 0 Å². The number of ether oxygens (including phenoxy) is 1. The number of anilines is 2. The Morgan fingerprint density at radius 2 is 2.04 bits per heavy atom. The van der Waals surface area contributed by atoms with Gasteiger partial charge in [-0.15, -0.1) is 0 Å². The lowest BCUT2D eigenvalue weighted by Crippen LogP contribution is -2.41. The lowest BCUT2D eigenvalue weighted by molar-refractivity contribution is -0.138. The summed E-state index contributed by atoms with van der Waals surface area (Å²) in [5, 5.41) is 11.9. The van der Waals surface area contributed by atoms with Gasteiger partial charge in [-0.25, -0.2) is 14.8 Å². The number of benzene rings is 1. The van der Waals surface area contributed by atoms with Crippen LogP contribution >= 0.6 is 0 Å². The Labute approximate surface area is 146 Å². The molecule has 10 heteroatoms. The van der Waals surface area contributed by atoms with Gasteiger partial charge in [0.05, 0.1) is 18.7 Å². The minimum Gasteiger partial charge on any atom is -0.465 e. The zero-order valence-corrected chi connectivity index (χ0v) is 13.4. The van der Waals surface area contributed by atoms with Crippen LogP contribution in [0.15, 0.2) is 36.7 Å². The summed E-state index contributed by atoms with van der Waals surface area (Å²) in [7, 11) is 0. The summed E-state index contributed by atoms with van der Waals surface area (Å²) >= 11 is 0. The van der Waals surface area contributed by atoms with Gasteiger partial charge in [-0.2, -0.15) is 13.2 Å². The normalized spacial score (nSPS) is 17.8. The predicted molar refractivity (Wildman–Crippen MR) is 85.0 cm³/mol. The molecule has 1 aliphatic rings. The molecule has 7 nitrogen and oxygen atoms in total. The molecule has 1 aliphatic heterocycles. The number of hydrogen-bond donors (Lipinski definition) is 2. The van der Waals surface area contributed by atoms with Gasteiger partial charge in [0.1, 0.15) is 6.10 Å². The number of nitrogens with one attached hydrogen (secondary N) is 1. The zero-order valence-electron chi connectivity index (χ0n) is 13.4. The van der Waals surface area contributed by atoms with Crippen LogP contribution in [0.5, 0.6) is 0 Å². The highest BCUT2D eigenvalue weighted by atomic mass is 19.4. The molecule has 2 N–H and O–H groups in total. The second-order valence-corrected chi connectivity index (χ2v) is 5.63. The minimum absolute atomic E-state index is 0.0203. The third-order valence-corrected chi connectivity index (χ3v) is 3.83. The van der Waals surface area contributed by atoms with E-state index < -0.39 is 23.9 Å². The summed E-state index contributed by atoms with van der Waals surface area (Å²) in [5.41, 5.74) is 0.368. The summed E-state index contributed by atoms with van der Waals surface area (Å²) < 4.78 is 43.2. The van der Waals surface area contributed by atoms with Gasteiger partial charge >= 0.3 is 12.3 Å². The van der Waals surface area contributed by atoms with Crippen molar-refractivity contribution in [2.24, 2.45) is 0 Å². The van der Waals surface area contributed by atoms with Crippen LogP contribution in [0.4, 0.5) is 29.6 Å². The molecule has 0 radical (unpaired) electrons. The van der Waals surface area contributed by atoms with Gasteiger partial charge in [0.15, 0.2) is 0 Å². The highest BCUT2D eigenvalue weighted by molar-refractivity contribution is 5.65. The number of amides is 1. The SMILES string of the molecule is O=C(O)N1CCOC(c2cccc(Nc3ncc(C(F)(F)F)cn3)c2)C1. The Morgan fingerprint density at radius 1 is 1.31 bits per heavy atom. The number of rotatable bonds is 3. The molecule has 2 heterocycles. The first-order chi connectivity index (χ1) is 12.3. The molecule has 26 heavy (non-hydrogen) atoms. The molecule has 1 amide bonds. The van der Waals surface area contributed by atoms with E-state index in [9.17, 15) is 18.0 Å². The van der Waals surface area contributed by atoms with E-state index in [-0.39, 0.29) is 19.1 Å². The highest BCUT2D eigenvalue weighted by Gasteiger charge is 2.31. The first kappa shape index (κ1) is 17.9. The number of carboxylic acid groups (broad SMARTS) is 1. The first-order valence-corrected chi connectivity index (χ1v) is 7.68. The van der Waals surface area contributed by atoms with E-state index in [0.717, 1.165) is 5.56 Å². The fraction of sp³-hybridized carbons (Fsp3) is 0.312. The maximum absolute atomic E-state index is 12.5. The summed E-state index contributed by atoms with van der Waals surface area (Å²) in [6, 6.07) is 6.93. The van der Waals surface area contributed by atoms with Crippen LogP contribution in [0.25, 0.3) is 0 Å². The Balaban J connectivity index is 1.72. The van der Waals surface area contributed by atoms with E-state index in [4.69, 9.17) is 9.84 Å². The van der Waals surface area contributed by atoms with Crippen molar-refractivity contribution in [3.8, 4) is 0 Å². The summed E-state index contributed by atoms with van der Waals surface area (Å²) in [6.07, 6.45) is -4.52. The van der Waals surface area contributed by atoms with Crippen LogP contribution in [0.1, 0.15) is 17.2 Å². The smallest absolute Gasteiger partial charge is 0.419 e. The van der Waals surface area contributed by atoms with Crippen LogP contribution in [0.2, 0.25) is 0 Å². The molecule has 0 spiro atoms. The Morgan fingerprint density at radius 3 is 2.69 bits per heavy atom. The molecule has 1 aromatic heterocycles. The first-order valence-electron chi connectivity index (χ1n) is 7.68. The second kappa shape index (κ2) is 7.16. The van der Waals surface area contributed by atoms with E-state index in [1.807, 2.05) is 0 Å². The third-order valence-electron chi connectivity index (χ3n) is 3.83. The van der Waals surface area contributed by atoms with Crippen LogP contribution in [0, 0.1) is 0 Å². The van der Waals surface area contributed by atoms with Crippen molar-refractivity contribution in [3.63, 3.8) is 0 Å². The topological polar surface area (TPSA) is 87.6 Å². The van der Waals surface area contributed by atoms with Crippen molar-refractivity contribution in [2.75, 3.05) is 25.0 Å². The number of hydrogen-bond acceptors (Lipinski definition) is 5. The lowest BCUT2D eigenvalue weighted by Gasteiger charge is -2.31. The van der Waals surface area contributed by atoms with Gasteiger partial charge < -0.3 is 20.1 Å². The molecule has 3 rings (SSSR count). The molecule has 1 fully saturated rings. The largest absolute Gasteiger partial charge is 0.465 e. The Hall–Kier alpha value is -2.88. The molecule has 2 aromatic rings. The summed E-state index contributed by atoms with van der Waals surface area (Å²) in [4.78, 5) is 19.7. The average Bonchev–Trinajstić information content (AvgIpc) is 2.62. The fourth-order valence-electron chi connectivity index (χ4n) is 2.51. The van der Waals surface area contributed by atoms with Gasteiger partial charge in [-0.3, -0.25) is 0 Å². The monoisotopic (exact) mass is 368 g/mol. The molecule has 1 aromatic carbocycles. The third kappa shape index (κ3) is 4.20. The van der Waals surface area contributed by atoms with E-state index in [0.29, 0.717) is 24.6 Å². The maximum Gasteiger partial charge on any atom is 0.419 e. The van der Waals surface area contributed by atoms with Crippen molar-refractivity contribution >= 4 is 17.7 Å². The van der Waals surface area contributed by atoms with Gasteiger partial charge in [0, 0.05) is 24.6 Å². The van der Waals surface area contributed by atoms with E-state index in [1.54, 1.807) is 24.3 Å². The minimum atomic E-state index is -4.49. The molecule has 0 bridgehead atoms. The molecule has 1 saturated heterocycles. The van der Waals surface area contributed by atoms with Crippen LogP contribution in [-0.2, 0) is 10.9 Å². The molecule has 0 saturated carbocycles. The second-order valence-electron chi connectivity index (χ2n) is 5.63. The van der Waals surface area contributed by atoms with Gasteiger partial charge in [-0.1, -0.05) is 12.1 Å². The highest BCUT2D eigenvalue weighted by Crippen LogP contribution is 2.29. The van der Waals surface area contributed by atoms with Crippen LogP contribution < -0.4 is 5.32 Å². The molecule has 0 aliphatic carbocycles. The number of morpholine rings is 1. The quantitative estimate of drug-likeness (QED) is 0.864. The molecular weight excluding hydrogens is 353 g/mol. The average molecular weight is 368 g/mol. The van der Waals surface area contributed by atoms with Crippen molar-refractivity contribution in [1.82, 2.24) is 14.9 Å². The van der Waals surface area contributed by atoms with E-state index in [2.05, 4.69) is 15.3 Å². The number of aromatic nitrogens is 2. The van der Waals surface area contributed by atoms with Crippen molar-refractivity contribution < 1.29 is 27.8 Å². The van der Waals surface area contributed by atoms with Gasteiger partial charge in [-0.05, 0) is 17.7 Å². The van der Waals surface area contributed by atoms with Gasteiger partial charge in [0.25, 0.3) is 0 Å². The van der Waals surface area contributed by atoms with Crippen LogP contribution in [0.3, 0.4) is 0 Å². The van der Waals surface area contributed by atoms with E-state index >= 15 is 0 Å². The number of alkyl halides is 3. The number of halogens is 3. The standard InChI is InChI=1S/C16H15F3N4O3/c17-16(18,19)11-7-20-14(21-8-11)22-12-3-1-2-10(6-12)13-9-23(15(24)25)4-5-26-13/h1-3,6-8,13H,4-5,9H2,(H,24,25)(H,20,21,22).